The molecular weight excluding hydrogens is 314 g/mol. The summed E-state index contributed by atoms with van der Waals surface area (Å²) in [6.45, 7) is 0. The second-order valence-corrected chi connectivity index (χ2v) is 5.58. The SMILES string of the molecule is CNc1ncnc2c1c(-c1ccc(Oc3ccccc3)cc1)nn2C. The van der Waals surface area contributed by atoms with E-state index in [1.54, 1.807) is 4.68 Å². The fourth-order valence-electron chi connectivity index (χ4n) is 2.78. The Labute approximate surface area is 145 Å². The lowest BCUT2D eigenvalue weighted by Gasteiger charge is -2.06. The molecule has 0 amide bonds. The highest BCUT2D eigenvalue weighted by atomic mass is 16.5. The van der Waals surface area contributed by atoms with Gasteiger partial charge in [-0.25, -0.2) is 14.6 Å². The number of aryl methyl sites for hydroxylation is 1. The molecule has 0 atom stereocenters. The summed E-state index contributed by atoms with van der Waals surface area (Å²) in [6.07, 6.45) is 1.54. The van der Waals surface area contributed by atoms with Gasteiger partial charge in [-0.05, 0) is 36.4 Å². The highest BCUT2D eigenvalue weighted by Gasteiger charge is 2.16. The number of nitrogens with one attached hydrogen (secondary N) is 1. The Morgan fingerprint density at radius 2 is 1.64 bits per heavy atom. The standard InChI is InChI=1S/C19H17N5O/c1-20-18-16-17(23-24(2)19(16)22-12-21-18)13-8-10-15(11-9-13)25-14-6-4-3-5-7-14/h3-12H,1-2H3,(H,20,21,22). The van der Waals surface area contributed by atoms with Crippen LogP contribution < -0.4 is 10.1 Å². The predicted molar refractivity (Wildman–Crippen MR) is 97.8 cm³/mol. The summed E-state index contributed by atoms with van der Waals surface area (Å²) in [5, 5.41) is 8.63. The van der Waals surface area contributed by atoms with E-state index in [2.05, 4.69) is 20.4 Å². The molecule has 1 N–H and O–H groups in total. The van der Waals surface area contributed by atoms with E-state index >= 15 is 0 Å². The zero-order valence-corrected chi connectivity index (χ0v) is 14.0. The van der Waals surface area contributed by atoms with Crippen LogP contribution >= 0.6 is 0 Å². The van der Waals surface area contributed by atoms with Crippen LogP contribution in [0.5, 0.6) is 11.5 Å². The van der Waals surface area contributed by atoms with Gasteiger partial charge in [-0.3, -0.25) is 0 Å². The number of nitrogens with zero attached hydrogens (tertiary/aromatic N) is 4. The van der Waals surface area contributed by atoms with Gasteiger partial charge >= 0.3 is 0 Å². The largest absolute Gasteiger partial charge is 0.457 e. The average molecular weight is 331 g/mol. The second kappa shape index (κ2) is 6.24. The fraction of sp³-hybridized carbons (Fsp3) is 0.105. The fourth-order valence-corrected chi connectivity index (χ4v) is 2.78. The van der Waals surface area contributed by atoms with Crippen LogP contribution in [0.4, 0.5) is 5.82 Å². The van der Waals surface area contributed by atoms with Crippen LogP contribution in [0, 0.1) is 0 Å². The van der Waals surface area contributed by atoms with E-state index < -0.39 is 0 Å². The molecule has 0 saturated carbocycles. The quantitative estimate of drug-likeness (QED) is 0.615. The highest BCUT2D eigenvalue weighted by molar-refractivity contribution is 5.98. The van der Waals surface area contributed by atoms with Crippen molar-refractivity contribution in [3.63, 3.8) is 0 Å². The summed E-state index contributed by atoms with van der Waals surface area (Å²) in [6, 6.07) is 17.6. The van der Waals surface area contributed by atoms with Gasteiger partial charge in [-0.15, -0.1) is 0 Å². The highest BCUT2D eigenvalue weighted by Crippen LogP contribution is 2.32. The van der Waals surface area contributed by atoms with Crippen LogP contribution in [0.1, 0.15) is 0 Å². The van der Waals surface area contributed by atoms with E-state index in [1.165, 1.54) is 6.33 Å². The lowest BCUT2D eigenvalue weighted by molar-refractivity contribution is 0.483. The molecule has 2 heterocycles. The maximum atomic E-state index is 5.84. The molecule has 0 aliphatic heterocycles. The van der Waals surface area contributed by atoms with Crippen molar-refractivity contribution in [2.24, 2.45) is 7.05 Å². The number of aromatic nitrogens is 4. The molecule has 0 saturated heterocycles. The zero-order chi connectivity index (χ0) is 17.2. The minimum atomic E-state index is 0.762. The van der Waals surface area contributed by atoms with Crippen molar-refractivity contribution in [3.8, 4) is 22.8 Å². The molecule has 0 fully saturated rings. The van der Waals surface area contributed by atoms with E-state index in [-0.39, 0.29) is 0 Å². The van der Waals surface area contributed by atoms with E-state index in [0.717, 1.165) is 39.6 Å². The van der Waals surface area contributed by atoms with Crippen molar-refractivity contribution >= 4 is 16.9 Å². The summed E-state index contributed by atoms with van der Waals surface area (Å²) in [5.74, 6) is 2.35. The number of hydrogen-bond acceptors (Lipinski definition) is 5. The topological polar surface area (TPSA) is 64.9 Å². The van der Waals surface area contributed by atoms with Gasteiger partial charge in [0.25, 0.3) is 0 Å². The summed E-state index contributed by atoms with van der Waals surface area (Å²) < 4.78 is 7.61. The minimum Gasteiger partial charge on any atom is -0.457 e. The molecule has 0 spiro atoms. The van der Waals surface area contributed by atoms with Gasteiger partial charge in [0.15, 0.2) is 5.65 Å². The first-order valence-electron chi connectivity index (χ1n) is 7.95. The molecule has 124 valence electrons. The number of rotatable bonds is 4. The molecule has 2 aromatic heterocycles. The van der Waals surface area contributed by atoms with Crippen LogP contribution in [0.25, 0.3) is 22.3 Å². The Kier molecular flexibility index (Phi) is 3.78. The molecule has 25 heavy (non-hydrogen) atoms. The molecule has 0 aliphatic rings. The Bertz CT molecular complexity index is 1010. The number of fused-ring (bicyclic) bond motifs is 1. The summed E-state index contributed by atoms with van der Waals surface area (Å²) in [4.78, 5) is 8.63. The third-order valence-corrected chi connectivity index (χ3v) is 3.96. The van der Waals surface area contributed by atoms with Gasteiger partial charge in [0.2, 0.25) is 0 Å². The number of ether oxygens (including phenoxy) is 1. The van der Waals surface area contributed by atoms with Gasteiger partial charge in [0.05, 0.1) is 5.39 Å². The van der Waals surface area contributed by atoms with Gasteiger partial charge in [-0.2, -0.15) is 5.10 Å². The van der Waals surface area contributed by atoms with Gasteiger partial charge in [0, 0.05) is 19.7 Å². The van der Waals surface area contributed by atoms with Gasteiger partial charge in [0.1, 0.15) is 29.3 Å². The van der Waals surface area contributed by atoms with Crippen molar-refractivity contribution < 1.29 is 4.74 Å². The number of hydrogen-bond donors (Lipinski definition) is 1. The van der Waals surface area contributed by atoms with Gasteiger partial charge < -0.3 is 10.1 Å². The maximum absolute atomic E-state index is 5.84. The first-order valence-corrected chi connectivity index (χ1v) is 7.95. The average Bonchev–Trinajstić information content (AvgIpc) is 3.00. The molecule has 0 aliphatic carbocycles. The van der Waals surface area contributed by atoms with Crippen LogP contribution in [0.2, 0.25) is 0 Å². The van der Waals surface area contributed by atoms with Crippen LogP contribution in [-0.2, 0) is 7.05 Å². The number of benzene rings is 2. The van der Waals surface area contributed by atoms with Crippen molar-refractivity contribution in [1.82, 2.24) is 19.7 Å². The Morgan fingerprint density at radius 1 is 0.920 bits per heavy atom. The summed E-state index contributed by atoms with van der Waals surface area (Å²) >= 11 is 0. The van der Waals surface area contributed by atoms with E-state index in [4.69, 9.17) is 4.74 Å². The van der Waals surface area contributed by atoms with Crippen molar-refractivity contribution in [2.45, 2.75) is 0 Å². The van der Waals surface area contributed by atoms with Crippen LogP contribution in [0.15, 0.2) is 60.9 Å². The first kappa shape index (κ1) is 15.1. The lowest BCUT2D eigenvalue weighted by atomic mass is 10.1. The molecule has 0 bridgehead atoms. The molecule has 4 rings (SSSR count). The van der Waals surface area contributed by atoms with E-state index in [1.807, 2.05) is 68.7 Å². The second-order valence-electron chi connectivity index (χ2n) is 5.58. The first-order chi connectivity index (χ1) is 12.3. The maximum Gasteiger partial charge on any atom is 0.163 e. The number of anilines is 1. The van der Waals surface area contributed by atoms with Crippen LogP contribution in [-0.4, -0.2) is 26.8 Å². The molecule has 6 nitrogen and oxygen atoms in total. The van der Waals surface area contributed by atoms with E-state index in [9.17, 15) is 0 Å². The van der Waals surface area contributed by atoms with Gasteiger partial charge in [-0.1, -0.05) is 18.2 Å². The molecule has 0 radical (unpaired) electrons. The lowest BCUT2D eigenvalue weighted by Crippen LogP contribution is -1.96. The Morgan fingerprint density at radius 3 is 2.36 bits per heavy atom. The zero-order valence-electron chi connectivity index (χ0n) is 14.0. The molecule has 0 unspecified atom stereocenters. The third kappa shape index (κ3) is 2.78. The predicted octanol–water partition coefficient (Wildman–Crippen LogP) is 3.86. The van der Waals surface area contributed by atoms with Crippen molar-refractivity contribution in [2.75, 3.05) is 12.4 Å². The van der Waals surface area contributed by atoms with E-state index in [0.29, 0.717) is 0 Å². The van der Waals surface area contributed by atoms with Crippen molar-refractivity contribution in [3.05, 3.63) is 60.9 Å². The molecule has 2 aromatic carbocycles. The molecular formula is C19H17N5O. The molecule has 4 aromatic rings. The Hall–Kier alpha value is -3.41. The minimum absolute atomic E-state index is 0.762. The monoisotopic (exact) mass is 331 g/mol. The van der Waals surface area contributed by atoms with Crippen molar-refractivity contribution in [1.29, 1.82) is 0 Å². The molecule has 6 heteroatoms. The normalized spacial score (nSPS) is 10.8. The smallest absolute Gasteiger partial charge is 0.163 e. The number of para-hydroxylation sites is 1. The van der Waals surface area contributed by atoms with Crippen LogP contribution in [0.3, 0.4) is 0 Å². The third-order valence-electron chi connectivity index (χ3n) is 3.96. The Balaban J connectivity index is 1.72. The summed E-state index contributed by atoms with van der Waals surface area (Å²) in [7, 11) is 3.72. The summed E-state index contributed by atoms with van der Waals surface area (Å²) in [5.41, 5.74) is 2.62.